The fourth-order valence-electron chi connectivity index (χ4n) is 3.67. The number of aryl methyl sites for hydroxylation is 1. The number of thiophene rings is 1. The standard InChI is InChI=1S/C17H24N2O2S/c18-15(20)14-12-9-5-2-6-10-13(12)22-17(14)19-16(21)11-7-3-1-4-8-11/h11H,1-10H2,(H2,18,20)(H,19,21). The van der Waals surface area contributed by atoms with Crippen molar-refractivity contribution in [2.75, 3.05) is 5.32 Å². The predicted octanol–water partition coefficient (Wildman–Crippen LogP) is 3.63. The lowest BCUT2D eigenvalue weighted by Crippen LogP contribution is -2.25. The highest BCUT2D eigenvalue weighted by atomic mass is 32.1. The highest BCUT2D eigenvalue weighted by Crippen LogP contribution is 2.38. The van der Waals surface area contributed by atoms with Crippen LogP contribution >= 0.6 is 11.3 Å². The Hall–Kier alpha value is -1.36. The third kappa shape index (κ3) is 3.19. The molecule has 5 heteroatoms. The first-order valence-electron chi connectivity index (χ1n) is 8.42. The summed E-state index contributed by atoms with van der Waals surface area (Å²) in [6.07, 6.45) is 10.8. The van der Waals surface area contributed by atoms with Gasteiger partial charge in [0, 0.05) is 10.8 Å². The molecule has 1 aromatic rings. The van der Waals surface area contributed by atoms with Gasteiger partial charge < -0.3 is 11.1 Å². The average molecular weight is 320 g/mol. The molecule has 1 saturated carbocycles. The van der Waals surface area contributed by atoms with Crippen LogP contribution in [0.15, 0.2) is 0 Å². The van der Waals surface area contributed by atoms with E-state index in [4.69, 9.17) is 5.73 Å². The second kappa shape index (κ2) is 6.82. The van der Waals surface area contributed by atoms with E-state index in [-0.39, 0.29) is 11.8 Å². The van der Waals surface area contributed by atoms with Crippen molar-refractivity contribution < 1.29 is 9.59 Å². The van der Waals surface area contributed by atoms with Crippen LogP contribution in [0.1, 0.15) is 72.2 Å². The van der Waals surface area contributed by atoms with Gasteiger partial charge in [-0.05, 0) is 44.1 Å². The van der Waals surface area contributed by atoms with Crippen LogP contribution in [0.5, 0.6) is 0 Å². The number of nitrogens with two attached hydrogens (primary N) is 1. The van der Waals surface area contributed by atoms with E-state index in [1.807, 2.05) is 0 Å². The quantitative estimate of drug-likeness (QED) is 0.835. The molecule has 0 atom stereocenters. The SMILES string of the molecule is NC(=O)c1c(NC(=O)C2CCCCC2)sc2c1CCCCC2. The summed E-state index contributed by atoms with van der Waals surface area (Å²) in [6.45, 7) is 0. The van der Waals surface area contributed by atoms with Gasteiger partial charge >= 0.3 is 0 Å². The molecule has 0 aromatic carbocycles. The Morgan fingerprint density at radius 3 is 2.41 bits per heavy atom. The van der Waals surface area contributed by atoms with E-state index in [9.17, 15) is 9.59 Å². The molecular formula is C17H24N2O2S. The van der Waals surface area contributed by atoms with Gasteiger partial charge in [0.25, 0.3) is 5.91 Å². The Morgan fingerprint density at radius 2 is 1.68 bits per heavy atom. The molecule has 3 N–H and O–H groups in total. The number of fused-ring (bicyclic) bond motifs is 1. The maximum Gasteiger partial charge on any atom is 0.251 e. The van der Waals surface area contributed by atoms with Crippen LogP contribution in [0.4, 0.5) is 5.00 Å². The van der Waals surface area contributed by atoms with Gasteiger partial charge in [-0.3, -0.25) is 9.59 Å². The van der Waals surface area contributed by atoms with Crippen LogP contribution < -0.4 is 11.1 Å². The van der Waals surface area contributed by atoms with E-state index in [2.05, 4.69) is 5.32 Å². The fourth-order valence-corrected chi connectivity index (χ4v) is 4.97. The number of rotatable bonds is 3. The van der Waals surface area contributed by atoms with Crippen molar-refractivity contribution in [3.8, 4) is 0 Å². The molecule has 2 aliphatic carbocycles. The number of anilines is 1. The Morgan fingerprint density at radius 1 is 1.00 bits per heavy atom. The summed E-state index contributed by atoms with van der Waals surface area (Å²) in [5, 5.41) is 3.71. The Labute approximate surface area is 135 Å². The predicted molar refractivity (Wildman–Crippen MR) is 89.3 cm³/mol. The number of hydrogen-bond donors (Lipinski definition) is 2. The molecule has 0 aliphatic heterocycles. The summed E-state index contributed by atoms with van der Waals surface area (Å²) < 4.78 is 0. The summed E-state index contributed by atoms with van der Waals surface area (Å²) in [6, 6.07) is 0. The smallest absolute Gasteiger partial charge is 0.251 e. The van der Waals surface area contributed by atoms with Crippen molar-refractivity contribution in [2.24, 2.45) is 11.7 Å². The molecule has 1 fully saturated rings. The van der Waals surface area contributed by atoms with E-state index >= 15 is 0 Å². The van der Waals surface area contributed by atoms with Crippen molar-refractivity contribution in [3.05, 3.63) is 16.0 Å². The monoisotopic (exact) mass is 320 g/mol. The molecule has 0 saturated heterocycles. The topological polar surface area (TPSA) is 72.2 Å². The summed E-state index contributed by atoms with van der Waals surface area (Å²) >= 11 is 1.56. The second-order valence-electron chi connectivity index (χ2n) is 6.46. The zero-order valence-corrected chi connectivity index (χ0v) is 13.8. The third-order valence-electron chi connectivity index (χ3n) is 4.88. The van der Waals surface area contributed by atoms with E-state index < -0.39 is 5.91 Å². The molecule has 4 nitrogen and oxygen atoms in total. The summed E-state index contributed by atoms with van der Waals surface area (Å²) in [5.41, 5.74) is 7.27. The van der Waals surface area contributed by atoms with Crippen LogP contribution in [-0.2, 0) is 17.6 Å². The van der Waals surface area contributed by atoms with Gasteiger partial charge in [0.15, 0.2) is 0 Å². The molecule has 1 heterocycles. The van der Waals surface area contributed by atoms with Gasteiger partial charge in [-0.15, -0.1) is 11.3 Å². The number of primary amides is 1. The highest BCUT2D eigenvalue weighted by Gasteiger charge is 2.27. The van der Waals surface area contributed by atoms with Crippen molar-refractivity contribution in [3.63, 3.8) is 0 Å². The highest BCUT2D eigenvalue weighted by molar-refractivity contribution is 7.17. The molecular weight excluding hydrogens is 296 g/mol. The van der Waals surface area contributed by atoms with Crippen LogP contribution in [0, 0.1) is 5.92 Å². The lowest BCUT2D eigenvalue weighted by Gasteiger charge is -2.20. The third-order valence-corrected chi connectivity index (χ3v) is 6.09. The maximum atomic E-state index is 12.5. The minimum Gasteiger partial charge on any atom is -0.365 e. The molecule has 120 valence electrons. The van der Waals surface area contributed by atoms with E-state index in [1.165, 1.54) is 17.7 Å². The molecule has 22 heavy (non-hydrogen) atoms. The van der Waals surface area contributed by atoms with Crippen LogP contribution in [0.3, 0.4) is 0 Å². The molecule has 0 bridgehead atoms. The fraction of sp³-hybridized carbons (Fsp3) is 0.647. The Bertz CT molecular complexity index is 573. The first-order chi connectivity index (χ1) is 10.7. The van der Waals surface area contributed by atoms with Gasteiger partial charge in [0.05, 0.1) is 5.56 Å². The largest absolute Gasteiger partial charge is 0.365 e. The van der Waals surface area contributed by atoms with Gasteiger partial charge in [0.2, 0.25) is 5.91 Å². The maximum absolute atomic E-state index is 12.5. The number of amides is 2. The van der Waals surface area contributed by atoms with Crippen molar-refractivity contribution in [1.29, 1.82) is 0 Å². The van der Waals surface area contributed by atoms with Gasteiger partial charge in [-0.1, -0.05) is 25.7 Å². The lowest BCUT2D eigenvalue weighted by atomic mass is 9.88. The first kappa shape index (κ1) is 15.5. The van der Waals surface area contributed by atoms with Crippen molar-refractivity contribution >= 4 is 28.2 Å². The molecule has 2 amide bonds. The zero-order valence-electron chi connectivity index (χ0n) is 13.0. The molecule has 0 unspecified atom stereocenters. The Kier molecular flexibility index (Phi) is 4.81. The van der Waals surface area contributed by atoms with Crippen LogP contribution in [-0.4, -0.2) is 11.8 Å². The minimum absolute atomic E-state index is 0.0682. The van der Waals surface area contributed by atoms with Crippen LogP contribution in [0.25, 0.3) is 0 Å². The molecule has 0 radical (unpaired) electrons. The molecule has 2 aliphatic rings. The van der Waals surface area contributed by atoms with Gasteiger partial charge in [-0.2, -0.15) is 0 Å². The van der Waals surface area contributed by atoms with Gasteiger partial charge in [-0.25, -0.2) is 0 Å². The van der Waals surface area contributed by atoms with Crippen LogP contribution in [0.2, 0.25) is 0 Å². The number of hydrogen-bond acceptors (Lipinski definition) is 3. The normalized spacial score (nSPS) is 19.3. The summed E-state index contributed by atoms with van der Waals surface area (Å²) in [5.74, 6) is -0.242. The van der Waals surface area contributed by atoms with Crippen molar-refractivity contribution in [2.45, 2.75) is 64.2 Å². The average Bonchev–Trinajstić information content (AvgIpc) is 2.69. The van der Waals surface area contributed by atoms with E-state index in [0.29, 0.717) is 10.6 Å². The first-order valence-corrected chi connectivity index (χ1v) is 9.23. The number of carbonyl (C=O) groups excluding carboxylic acids is 2. The zero-order chi connectivity index (χ0) is 15.5. The Balaban J connectivity index is 1.83. The molecule has 3 rings (SSSR count). The summed E-state index contributed by atoms with van der Waals surface area (Å²) in [4.78, 5) is 25.6. The number of carbonyl (C=O) groups is 2. The van der Waals surface area contributed by atoms with Gasteiger partial charge in [0.1, 0.15) is 5.00 Å². The molecule has 1 aromatic heterocycles. The lowest BCUT2D eigenvalue weighted by molar-refractivity contribution is -0.120. The number of nitrogens with one attached hydrogen (secondary N) is 1. The second-order valence-corrected chi connectivity index (χ2v) is 7.56. The van der Waals surface area contributed by atoms with Crippen molar-refractivity contribution in [1.82, 2.24) is 0 Å². The minimum atomic E-state index is -0.404. The summed E-state index contributed by atoms with van der Waals surface area (Å²) in [7, 11) is 0. The van der Waals surface area contributed by atoms with E-state index in [0.717, 1.165) is 56.9 Å². The van der Waals surface area contributed by atoms with E-state index in [1.54, 1.807) is 11.3 Å². The molecule has 0 spiro atoms.